The van der Waals surface area contributed by atoms with E-state index in [0.717, 1.165) is 42.0 Å². The van der Waals surface area contributed by atoms with E-state index in [2.05, 4.69) is 0 Å². The number of carbonyl (C=O) groups excluding carboxylic acids is 2. The first-order valence-electron chi connectivity index (χ1n) is 7.76. The number of carbonyl (C=O) groups is 2. The number of fused-ring (bicyclic) bond motifs is 1. The average Bonchev–Trinajstić information content (AvgIpc) is 2.79. The lowest BCUT2D eigenvalue weighted by Crippen LogP contribution is -2.39. The molecule has 1 aromatic rings. The molecule has 1 aromatic carbocycles. The highest BCUT2D eigenvalue weighted by Gasteiger charge is 2.46. The van der Waals surface area contributed by atoms with Crippen molar-refractivity contribution in [1.29, 1.82) is 0 Å². The first kappa shape index (κ1) is 16.8. The quantitative estimate of drug-likeness (QED) is 0.859. The second kappa shape index (κ2) is 6.08. The SMILES string of the molecule is O=C1[C@H]2CCCCN2C(=O)N1C[C@@H](O)c1ccc(C(F)(F)F)cc1. The summed E-state index contributed by atoms with van der Waals surface area (Å²) in [6.07, 6.45) is -3.35. The topological polar surface area (TPSA) is 60.9 Å². The second-order valence-corrected chi connectivity index (χ2v) is 6.07. The van der Waals surface area contributed by atoms with E-state index in [9.17, 15) is 27.9 Å². The summed E-state index contributed by atoms with van der Waals surface area (Å²) < 4.78 is 37.7. The zero-order valence-corrected chi connectivity index (χ0v) is 12.8. The number of amides is 3. The molecule has 5 nitrogen and oxygen atoms in total. The Morgan fingerprint density at radius 2 is 1.83 bits per heavy atom. The summed E-state index contributed by atoms with van der Waals surface area (Å²) in [5.41, 5.74) is -0.586. The number of aliphatic hydroxyl groups excluding tert-OH is 1. The number of hydrogen-bond acceptors (Lipinski definition) is 3. The van der Waals surface area contributed by atoms with Gasteiger partial charge in [0.25, 0.3) is 5.91 Å². The van der Waals surface area contributed by atoms with Gasteiger partial charge < -0.3 is 10.0 Å². The molecule has 3 amide bonds. The fourth-order valence-electron chi connectivity index (χ4n) is 3.19. The van der Waals surface area contributed by atoms with Gasteiger partial charge in [0.05, 0.1) is 18.2 Å². The van der Waals surface area contributed by atoms with Crippen LogP contribution < -0.4 is 0 Å². The van der Waals surface area contributed by atoms with Crippen LogP contribution in [0.15, 0.2) is 24.3 Å². The first-order chi connectivity index (χ1) is 11.3. The summed E-state index contributed by atoms with van der Waals surface area (Å²) in [5, 5.41) is 10.2. The maximum absolute atomic E-state index is 12.6. The van der Waals surface area contributed by atoms with Gasteiger partial charge in [-0.2, -0.15) is 13.2 Å². The van der Waals surface area contributed by atoms with Crippen molar-refractivity contribution in [1.82, 2.24) is 9.80 Å². The number of rotatable bonds is 3. The van der Waals surface area contributed by atoms with Crippen molar-refractivity contribution >= 4 is 11.9 Å². The standard InChI is InChI=1S/C16H17F3N2O3/c17-16(18,19)11-6-4-10(5-7-11)13(22)9-21-14(23)12-3-1-2-8-20(12)15(21)24/h4-7,12-13,22H,1-3,8-9H2/t12-,13-/m1/s1. The average molecular weight is 342 g/mol. The number of β-amino-alcohol motifs (C(OH)–C–C–N with tert-alkyl or cyclic N) is 1. The number of halogens is 3. The molecule has 130 valence electrons. The third kappa shape index (κ3) is 2.98. The van der Waals surface area contributed by atoms with Crippen LogP contribution in [0.25, 0.3) is 0 Å². The Balaban J connectivity index is 1.71. The molecule has 2 heterocycles. The molecule has 2 aliphatic rings. The molecule has 3 rings (SSSR count). The predicted octanol–water partition coefficient (Wildman–Crippen LogP) is 2.56. The van der Waals surface area contributed by atoms with Crippen LogP contribution >= 0.6 is 0 Å². The normalized spacial score (nSPS) is 22.8. The van der Waals surface area contributed by atoms with Gasteiger partial charge in [0.2, 0.25) is 0 Å². The minimum absolute atomic E-state index is 0.230. The Bertz CT molecular complexity index is 621. The van der Waals surface area contributed by atoms with Crippen LogP contribution in [0.4, 0.5) is 18.0 Å². The predicted molar refractivity (Wildman–Crippen MR) is 77.9 cm³/mol. The zero-order valence-electron chi connectivity index (χ0n) is 12.8. The molecule has 2 aliphatic heterocycles. The van der Waals surface area contributed by atoms with Gasteiger partial charge in [-0.3, -0.25) is 9.69 Å². The van der Waals surface area contributed by atoms with E-state index in [-0.39, 0.29) is 18.0 Å². The van der Waals surface area contributed by atoms with Crippen molar-refractivity contribution < 1.29 is 27.9 Å². The number of alkyl halides is 3. The smallest absolute Gasteiger partial charge is 0.387 e. The van der Waals surface area contributed by atoms with Crippen molar-refractivity contribution in [2.24, 2.45) is 0 Å². The zero-order chi connectivity index (χ0) is 17.5. The number of imide groups is 1. The van der Waals surface area contributed by atoms with Crippen LogP contribution in [0.1, 0.15) is 36.5 Å². The van der Waals surface area contributed by atoms with Crippen LogP contribution in [0.2, 0.25) is 0 Å². The second-order valence-electron chi connectivity index (χ2n) is 6.07. The molecule has 0 unspecified atom stereocenters. The van der Waals surface area contributed by atoms with Gasteiger partial charge in [-0.15, -0.1) is 0 Å². The van der Waals surface area contributed by atoms with Crippen LogP contribution in [0.3, 0.4) is 0 Å². The summed E-state index contributed by atoms with van der Waals surface area (Å²) in [5.74, 6) is -0.342. The van der Waals surface area contributed by atoms with Gasteiger partial charge >= 0.3 is 12.2 Å². The molecule has 8 heteroatoms. The number of urea groups is 1. The Kier molecular flexibility index (Phi) is 4.25. The molecule has 2 fully saturated rings. The van der Waals surface area contributed by atoms with Gasteiger partial charge in [-0.1, -0.05) is 12.1 Å². The molecule has 1 N–H and O–H groups in total. The highest BCUT2D eigenvalue weighted by molar-refractivity contribution is 6.04. The molecule has 2 atom stereocenters. The summed E-state index contributed by atoms with van der Waals surface area (Å²) >= 11 is 0. The van der Waals surface area contributed by atoms with E-state index in [0.29, 0.717) is 13.0 Å². The minimum atomic E-state index is -4.45. The largest absolute Gasteiger partial charge is 0.416 e. The molecular formula is C16H17F3N2O3. The van der Waals surface area contributed by atoms with E-state index in [4.69, 9.17) is 0 Å². The third-order valence-corrected chi connectivity index (χ3v) is 4.51. The van der Waals surface area contributed by atoms with Gasteiger partial charge in [-0.05, 0) is 37.0 Å². The molecule has 2 saturated heterocycles. The molecule has 24 heavy (non-hydrogen) atoms. The lowest BCUT2D eigenvalue weighted by atomic mass is 10.0. The number of piperidine rings is 1. The maximum atomic E-state index is 12.6. The van der Waals surface area contributed by atoms with Gasteiger partial charge in [0, 0.05) is 6.54 Å². The van der Waals surface area contributed by atoms with Crippen LogP contribution in [-0.4, -0.2) is 46.0 Å². The lowest BCUT2D eigenvalue weighted by molar-refractivity contribution is -0.137. The molecule has 0 bridgehead atoms. The molecule has 0 saturated carbocycles. The Labute approximate surface area is 136 Å². The Morgan fingerprint density at radius 1 is 1.17 bits per heavy atom. The summed E-state index contributed by atoms with van der Waals surface area (Å²) in [4.78, 5) is 27.1. The highest BCUT2D eigenvalue weighted by Crippen LogP contribution is 2.31. The van der Waals surface area contributed by atoms with Crippen molar-refractivity contribution in [2.45, 2.75) is 37.6 Å². The fraction of sp³-hybridized carbons (Fsp3) is 0.500. The van der Waals surface area contributed by atoms with E-state index >= 15 is 0 Å². The van der Waals surface area contributed by atoms with Crippen molar-refractivity contribution in [3.8, 4) is 0 Å². The molecular weight excluding hydrogens is 325 g/mol. The van der Waals surface area contributed by atoms with Crippen LogP contribution in [-0.2, 0) is 11.0 Å². The first-order valence-corrected chi connectivity index (χ1v) is 7.76. The summed E-state index contributed by atoms with van der Waals surface area (Å²) in [6.45, 7) is 0.262. The van der Waals surface area contributed by atoms with E-state index in [1.807, 2.05) is 0 Å². The Morgan fingerprint density at radius 3 is 2.42 bits per heavy atom. The maximum Gasteiger partial charge on any atom is 0.416 e. The molecule has 0 spiro atoms. The monoisotopic (exact) mass is 342 g/mol. The lowest BCUT2D eigenvalue weighted by Gasteiger charge is -2.26. The van der Waals surface area contributed by atoms with E-state index in [1.54, 1.807) is 0 Å². The van der Waals surface area contributed by atoms with Crippen molar-refractivity contribution in [3.63, 3.8) is 0 Å². The van der Waals surface area contributed by atoms with Gasteiger partial charge in [0.1, 0.15) is 6.04 Å². The minimum Gasteiger partial charge on any atom is -0.387 e. The summed E-state index contributed by atoms with van der Waals surface area (Å²) in [7, 11) is 0. The number of hydrogen-bond donors (Lipinski definition) is 1. The van der Waals surface area contributed by atoms with E-state index in [1.165, 1.54) is 4.90 Å². The fourth-order valence-corrected chi connectivity index (χ4v) is 3.19. The number of benzene rings is 1. The molecule has 0 aromatic heterocycles. The van der Waals surface area contributed by atoms with Crippen LogP contribution in [0, 0.1) is 0 Å². The van der Waals surface area contributed by atoms with Crippen LogP contribution in [0.5, 0.6) is 0 Å². The van der Waals surface area contributed by atoms with E-state index < -0.39 is 29.9 Å². The van der Waals surface area contributed by atoms with Gasteiger partial charge in [0.15, 0.2) is 0 Å². The van der Waals surface area contributed by atoms with Crippen molar-refractivity contribution in [2.75, 3.05) is 13.1 Å². The van der Waals surface area contributed by atoms with Crippen molar-refractivity contribution in [3.05, 3.63) is 35.4 Å². The third-order valence-electron chi connectivity index (χ3n) is 4.51. The Hall–Kier alpha value is -2.09. The molecule has 0 radical (unpaired) electrons. The van der Waals surface area contributed by atoms with Gasteiger partial charge in [-0.25, -0.2) is 4.79 Å². The summed E-state index contributed by atoms with van der Waals surface area (Å²) in [6, 6.07) is 3.16. The number of aliphatic hydroxyl groups is 1. The number of nitrogens with zero attached hydrogens (tertiary/aromatic N) is 2. The molecule has 0 aliphatic carbocycles. The highest BCUT2D eigenvalue weighted by atomic mass is 19.4.